The molecule has 2 aromatic heterocycles. The number of aromatic nitrogens is 2. The molecule has 0 atom stereocenters. The van der Waals surface area contributed by atoms with Crippen LogP contribution in [0.5, 0.6) is 0 Å². The van der Waals surface area contributed by atoms with Gasteiger partial charge in [0.2, 0.25) is 0 Å². The van der Waals surface area contributed by atoms with Gasteiger partial charge in [-0.3, -0.25) is 4.79 Å². The lowest BCUT2D eigenvalue weighted by molar-refractivity contribution is 0.0787. The van der Waals surface area contributed by atoms with Gasteiger partial charge in [0, 0.05) is 26.3 Å². The van der Waals surface area contributed by atoms with E-state index in [1.165, 1.54) is 12.1 Å². The Bertz CT molecular complexity index is 920. The van der Waals surface area contributed by atoms with Gasteiger partial charge in [-0.1, -0.05) is 31.5 Å². The third-order valence-corrected chi connectivity index (χ3v) is 4.82. The number of rotatable bonds is 9. The van der Waals surface area contributed by atoms with Gasteiger partial charge in [0.15, 0.2) is 5.69 Å². The van der Waals surface area contributed by atoms with Crippen molar-refractivity contribution >= 4 is 11.6 Å². The minimum atomic E-state index is -0.224. The fourth-order valence-corrected chi connectivity index (χ4v) is 3.15. The number of halogens is 1. The van der Waals surface area contributed by atoms with Crippen LogP contribution >= 0.6 is 0 Å². The molecule has 0 bridgehead atoms. The van der Waals surface area contributed by atoms with Crippen LogP contribution in [0, 0.1) is 5.82 Å². The van der Waals surface area contributed by atoms with Crippen LogP contribution in [0.4, 0.5) is 4.39 Å². The van der Waals surface area contributed by atoms with Crippen LogP contribution in [0.2, 0.25) is 0 Å². The number of benzene rings is 1. The van der Waals surface area contributed by atoms with E-state index in [9.17, 15) is 9.18 Å². The summed E-state index contributed by atoms with van der Waals surface area (Å²) >= 11 is 0. The smallest absolute Gasteiger partial charge is 0.274 e. The molecule has 0 saturated carbocycles. The van der Waals surface area contributed by atoms with Crippen LogP contribution in [0.25, 0.3) is 5.65 Å². The quantitative estimate of drug-likeness (QED) is 0.575. The molecule has 1 N–H and O–H groups in total. The summed E-state index contributed by atoms with van der Waals surface area (Å²) in [6.45, 7) is 4.10. The highest BCUT2D eigenvalue weighted by molar-refractivity contribution is 5.94. The number of carbonyl (C=O) groups excluding carboxylic acids is 1. The first-order valence-electron chi connectivity index (χ1n) is 9.76. The topological polar surface area (TPSA) is 49.6 Å². The maximum Gasteiger partial charge on any atom is 0.274 e. The average Bonchev–Trinajstić information content (AvgIpc) is 3.08. The van der Waals surface area contributed by atoms with Crippen molar-refractivity contribution in [3.8, 4) is 0 Å². The summed E-state index contributed by atoms with van der Waals surface area (Å²) < 4.78 is 15.0. The fourth-order valence-electron chi connectivity index (χ4n) is 3.15. The van der Waals surface area contributed by atoms with Gasteiger partial charge in [0.1, 0.15) is 11.5 Å². The Kier molecular flexibility index (Phi) is 6.76. The Morgan fingerprint density at radius 1 is 1.21 bits per heavy atom. The Labute approximate surface area is 165 Å². The summed E-state index contributed by atoms with van der Waals surface area (Å²) in [6, 6.07) is 12.3. The van der Waals surface area contributed by atoms with Crippen LogP contribution < -0.4 is 5.32 Å². The predicted octanol–water partition coefficient (Wildman–Crippen LogP) is 3.68. The first-order chi connectivity index (χ1) is 13.6. The monoisotopic (exact) mass is 382 g/mol. The zero-order chi connectivity index (χ0) is 19.9. The minimum absolute atomic E-state index is 0.0486. The lowest BCUT2D eigenvalue weighted by Gasteiger charge is -2.16. The Morgan fingerprint density at radius 3 is 2.75 bits per heavy atom. The molecule has 0 radical (unpaired) electrons. The fraction of sp³-hybridized carbons (Fsp3) is 0.364. The summed E-state index contributed by atoms with van der Waals surface area (Å²) in [5, 5.41) is 3.40. The number of fused-ring (bicyclic) bond motifs is 1. The van der Waals surface area contributed by atoms with Gasteiger partial charge >= 0.3 is 0 Å². The van der Waals surface area contributed by atoms with Crippen molar-refractivity contribution in [2.45, 2.75) is 32.7 Å². The van der Waals surface area contributed by atoms with E-state index in [1.54, 1.807) is 17.0 Å². The summed E-state index contributed by atoms with van der Waals surface area (Å²) in [4.78, 5) is 19.2. The van der Waals surface area contributed by atoms with E-state index in [4.69, 9.17) is 0 Å². The molecule has 0 aliphatic heterocycles. The molecule has 0 spiro atoms. The van der Waals surface area contributed by atoms with E-state index in [2.05, 4.69) is 17.2 Å². The lowest BCUT2D eigenvalue weighted by atomic mass is 10.1. The van der Waals surface area contributed by atoms with E-state index in [1.807, 2.05) is 35.8 Å². The molecule has 5 nitrogen and oxygen atoms in total. The molecule has 28 heavy (non-hydrogen) atoms. The number of hydrogen-bond donors (Lipinski definition) is 1. The lowest BCUT2D eigenvalue weighted by Crippen LogP contribution is -2.30. The number of pyridine rings is 1. The predicted molar refractivity (Wildman–Crippen MR) is 109 cm³/mol. The molecule has 3 aromatic rings. The molecule has 0 aliphatic rings. The molecule has 2 heterocycles. The third kappa shape index (κ3) is 4.75. The number of nitrogens with one attached hydrogen (secondary N) is 1. The van der Waals surface area contributed by atoms with Crippen molar-refractivity contribution < 1.29 is 9.18 Å². The van der Waals surface area contributed by atoms with Crippen molar-refractivity contribution in [3.05, 3.63) is 71.4 Å². The van der Waals surface area contributed by atoms with Gasteiger partial charge < -0.3 is 14.6 Å². The number of nitrogens with zero attached hydrogens (tertiary/aromatic N) is 3. The van der Waals surface area contributed by atoms with Crippen LogP contribution in [0.15, 0.2) is 48.7 Å². The molecule has 1 aromatic carbocycles. The standard InChI is InChI=1S/C22H27FN4O/c1-3-4-14-26(2)22(28)21-19(27-15-6-5-7-20(27)25-21)16-24-13-12-17-8-10-18(23)11-9-17/h5-11,15,24H,3-4,12-14,16H2,1-2H3. The van der Waals surface area contributed by atoms with Gasteiger partial charge in [-0.2, -0.15) is 0 Å². The van der Waals surface area contributed by atoms with Crippen molar-refractivity contribution in [2.75, 3.05) is 20.1 Å². The number of unbranched alkanes of at least 4 members (excludes halogenated alkanes) is 1. The van der Waals surface area contributed by atoms with Crippen LogP contribution in [0.1, 0.15) is 41.5 Å². The summed E-state index contributed by atoms with van der Waals surface area (Å²) in [7, 11) is 1.83. The zero-order valence-corrected chi connectivity index (χ0v) is 16.5. The molecular formula is C22H27FN4O. The number of imidazole rings is 1. The first kappa shape index (κ1) is 20.0. The molecule has 0 unspecified atom stereocenters. The first-order valence-corrected chi connectivity index (χ1v) is 9.76. The molecular weight excluding hydrogens is 355 g/mol. The SMILES string of the molecule is CCCCN(C)C(=O)c1nc2ccccn2c1CNCCc1ccc(F)cc1. The van der Waals surface area contributed by atoms with E-state index in [0.29, 0.717) is 12.2 Å². The Morgan fingerprint density at radius 2 is 2.00 bits per heavy atom. The van der Waals surface area contributed by atoms with Crippen molar-refractivity contribution in [2.24, 2.45) is 0 Å². The van der Waals surface area contributed by atoms with Crippen molar-refractivity contribution in [1.82, 2.24) is 19.6 Å². The van der Waals surface area contributed by atoms with Crippen LogP contribution in [-0.4, -0.2) is 40.3 Å². The zero-order valence-electron chi connectivity index (χ0n) is 16.5. The van der Waals surface area contributed by atoms with Crippen LogP contribution in [-0.2, 0) is 13.0 Å². The Hall–Kier alpha value is -2.73. The maximum atomic E-state index is 13.0. The number of amides is 1. The summed E-state index contributed by atoms with van der Waals surface area (Å²) in [5.41, 5.74) is 3.20. The molecule has 0 saturated heterocycles. The molecule has 6 heteroatoms. The highest BCUT2D eigenvalue weighted by Crippen LogP contribution is 2.15. The normalized spacial score (nSPS) is 11.1. The van der Waals surface area contributed by atoms with Crippen molar-refractivity contribution in [1.29, 1.82) is 0 Å². The van der Waals surface area contributed by atoms with Gasteiger partial charge in [-0.25, -0.2) is 9.37 Å². The summed E-state index contributed by atoms with van der Waals surface area (Å²) in [6.07, 6.45) is 4.74. The summed E-state index contributed by atoms with van der Waals surface area (Å²) in [5.74, 6) is -0.273. The second kappa shape index (κ2) is 9.46. The second-order valence-electron chi connectivity index (χ2n) is 6.97. The van der Waals surface area contributed by atoms with E-state index in [0.717, 1.165) is 49.3 Å². The largest absolute Gasteiger partial charge is 0.340 e. The van der Waals surface area contributed by atoms with Gasteiger partial charge in [0.05, 0.1) is 5.69 Å². The molecule has 0 aliphatic carbocycles. The van der Waals surface area contributed by atoms with E-state index >= 15 is 0 Å². The van der Waals surface area contributed by atoms with Gasteiger partial charge in [-0.15, -0.1) is 0 Å². The number of hydrogen-bond acceptors (Lipinski definition) is 3. The third-order valence-electron chi connectivity index (χ3n) is 4.82. The maximum absolute atomic E-state index is 13.0. The molecule has 1 amide bonds. The highest BCUT2D eigenvalue weighted by Gasteiger charge is 2.21. The average molecular weight is 382 g/mol. The minimum Gasteiger partial charge on any atom is -0.340 e. The van der Waals surface area contributed by atoms with E-state index < -0.39 is 0 Å². The Balaban J connectivity index is 1.71. The van der Waals surface area contributed by atoms with Crippen molar-refractivity contribution in [3.63, 3.8) is 0 Å². The van der Waals surface area contributed by atoms with E-state index in [-0.39, 0.29) is 11.7 Å². The van der Waals surface area contributed by atoms with Gasteiger partial charge in [0.25, 0.3) is 5.91 Å². The highest BCUT2D eigenvalue weighted by atomic mass is 19.1. The second-order valence-corrected chi connectivity index (χ2v) is 6.97. The molecule has 148 valence electrons. The molecule has 0 fully saturated rings. The van der Waals surface area contributed by atoms with Crippen LogP contribution in [0.3, 0.4) is 0 Å². The number of carbonyl (C=O) groups is 1. The molecule has 3 rings (SSSR count). The van der Waals surface area contributed by atoms with Gasteiger partial charge in [-0.05, 0) is 49.2 Å².